The Morgan fingerprint density at radius 3 is 3.17 bits per heavy atom. The Labute approximate surface area is 75.8 Å². The lowest BCUT2D eigenvalue weighted by Crippen LogP contribution is -1.98. The molecule has 4 heteroatoms. The first-order chi connectivity index (χ1) is 5.86. The highest BCUT2D eigenvalue weighted by Gasteiger charge is 2.09. The Bertz CT molecular complexity index is 253. The van der Waals surface area contributed by atoms with Crippen molar-refractivity contribution in [3.63, 3.8) is 0 Å². The molecule has 1 heterocycles. The molecule has 0 radical (unpaired) electrons. The van der Waals surface area contributed by atoms with E-state index in [0.29, 0.717) is 16.9 Å². The van der Waals surface area contributed by atoms with E-state index in [9.17, 15) is 0 Å². The van der Waals surface area contributed by atoms with Crippen LogP contribution in [0.1, 0.15) is 19.8 Å². The van der Waals surface area contributed by atoms with Crippen LogP contribution in [-0.2, 0) is 0 Å². The standard InChI is InChI=1S/C8H10N2OS/c1-2-7(3-4-9)12-8-10-5-6-11-8/h5-7H,2-3H2,1H3. The van der Waals surface area contributed by atoms with Crippen LogP contribution in [0.4, 0.5) is 0 Å². The Balaban J connectivity index is 2.44. The van der Waals surface area contributed by atoms with Crippen molar-refractivity contribution in [1.29, 1.82) is 5.26 Å². The highest BCUT2D eigenvalue weighted by molar-refractivity contribution is 7.99. The van der Waals surface area contributed by atoms with E-state index in [1.165, 1.54) is 11.8 Å². The monoisotopic (exact) mass is 182 g/mol. The molecule has 1 aromatic heterocycles. The lowest BCUT2D eigenvalue weighted by Gasteiger charge is -2.05. The molecule has 0 saturated heterocycles. The maximum Gasteiger partial charge on any atom is 0.255 e. The lowest BCUT2D eigenvalue weighted by atomic mass is 10.3. The number of hydrogen-bond donors (Lipinski definition) is 0. The molecule has 0 aromatic carbocycles. The van der Waals surface area contributed by atoms with Crippen molar-refractivity contribution >= 4 is 11.8 Å². The Kier molecular flexibility index (Phi) is 3.68. The van der Waals surface area contributed by atoms with Crippen LogP contribution in [0.2, 0.25) is 0 Å². The number of oxazole rings is 1. The van der Waals surface area contributed by atoms with E-state index >= 15 is 0 Å². The van der Waals surface area contributed by atoms with Gasteiger partial charge < -0.3 is 4.42 Å². The van der Waals surface area contributed by atoms with E-state index in [4.69, 9.17) is 9.68 Å². The molecular weight excluding hydrogens is 172 g/mol. The minimum atomic E-state index is 0.300. The summed E-state index contributed by atoms with van der Waals surface area (Å²) >= 11 is 1.52. The maximum atomic E-state index is 8.48. The first-order valence-electron chi connectivity index (χ1n) is 3.80. The molecule has 64 valence electrons. The van der Waals surface area contributed by atoms with Crippen molar-refractivity contribution in [1.82, 2.24) is 4.98 Å². The predicted octanol–water partition coefficient (Wildman–Crippen LogP) is 2.46. The Morgan fingerprint density at radius 1 is 1.83 bits per heavy atom. The molecule has 1 unspecified atom stereocenters. The molecule has 1 atom stereocenters. The van der Waals surface area contributed by atoms with Crippen LogP contribution < -0.4 is 0 Å². The van der Waals surface area contributed by atoms with Gasteiger partial charge in [0.2, 0.25) is 0 Å². The molecule has 12 heavy (non-hydrogen) atoms. The topological polar surface area (TPSA) is 49.8 Å². The number of rotatable bonds is 4. The van der Waals surface area contributed by atoms with Gasteiger partial charge in [-0.1, -0.05) is 18.7 Å². The zero-order valence-electron chi connectivity index (χ0n) is 6.86. The minimum Gasteiger partial charge on any atom is -0.440 e. The van der Waals surface area contributed by atoms with Gasteiger partial charge in [-0.15, -0.1) is 0 Å². The SMILES string of the molecule is CCC(CC#N)Sc1ncco1. The van der Waals surface area contributed by atoms with Crippen molar-refractivity contribution in [3.05, 3.63) is 12.5 Å². The third kappa shape index (κ3) is 2.59. The fourth-order valence-corrected chi connectivity index (χ4v) is 1.62. The average molecular weight is 182 g/mol. The first kappa shape index (κ1) is 9.14. The molecule has 0 amide bonds. The van der Waals surface area contributed by atoms with Gasteiger partial charge in [-0.2, -0.15) is 5.26 Å². The quantitative estimate of drug-likeness (QED) is 0.671. The average Bonchev–Trinajstić information content (AvgIpc) is 2.56. The molecular formula is C8H10N2OS. The van der Waals surface area contributed by atoms with Crippen LogP contribution in [0.3, 0.4) is 0 Å². The molecule has 3 nitrogen and oxygen atoms in total. The summed E-state index contributed by atoms with van der Waals surface area (Å²) in [7, 11) is 0. The smallest absolute Gasteiger partial charge is 0.255 e. The molecule has 1 aromatic rings. The second kappa shape index (κ2) is 4.83. The van der Waals surface area contributed by atoms with Gasteiger partial charge in [0.1, 0.15) is 6.26 Å². The van der Waals surface area contributed by atoms with E-state index in [1.54, 1.807) is 12.5 Å². The summed E-state index contributed by atoms with van der Waals surface area (Å²) in [5.41, 5.74) is 0. The Hall–Kier alpha value is -0.950. The molecule has 1 rings (SSSR count). The van der Waals surface area contributed by atoms with Crippen LogP contribution in [0.25, 0.3) is 0 Å². The number of hydrogen-bond acceptors (Lipinski definition) is 4. The van der Waals surface area contributed by atoms with E-state index < -0.39 is 0 Å². The van der Waals surface area contributed by atoms with E-state index in [2.05, 4.69) is 18.0 Å². The van der Waals surface area contributed by atoms with Gasteiger partial charge in [0.15, 0.2) is 0 Å². The zero-order valence-corrected chi connectivity index (χ0v) is 7.67. The summed E-state index contributed by atoms with van der Waals surface area (Å²) in [6.45, 7) is 2.05. The second-order valence-corrected chi connectivity index (χ2v) is 3.56. The van der Waals surface area contributed by atoms with Gasteiger partial charge in [0.25, 0.3) is 5.22 Å². The van der Waals surface area contributed by atoms with Gasteiger partial charge in [-0.25, -0.2) is 4.98 Å². The van der Waals surface area contributed by atoms with E-state index in [-0.39, 0.29) is 0 Å². The summed E-state index contributed by atoms with van der Waals surface area (Å²) in [5.74, 6) is 0. The number of aromatic nitrogens is 1. The summed E-state index contributed by atoms with van der Waals surface area (Å²) in [4.78, 5) is 3.97. The van der Waals surface area contributed by atoms with Gasteiger partial charge in [-0.05, 0) is 6.42 Å². The highest BCUT2D eigenvalue weighted by Crippen LogP contribution is 2.25. The fraction of sp³-hybridized carbons (Fsp3) is 0.500. The van der Waals surface area contributed by atoms with E-state index in [1.807, 2.05) is 0 Å². The van der Waals surface area contributed by atoms with Crippen molar-refractivity contribution in [2.75, 3.05) is 0 Å². The van der Waals surface area contributed by atoms with Gasteiger partial charge >= 0.3 is 0 Å². The summed E-state index contributed by atoms with van der Waals surface area (Å²) in [6, 6.07) is 2.14. The molecule has 0 aliphatic rings. The Morgan fingerprint density at radius 2 is 2.67 bits per heavy atom. The van der Waals surface area contributed by atoms with Crippen LogP contribution in [0.5, 0.6) is 0 Å². The number of thioether (sulfide) groups is 1. The van der Waals surface area contributed by atoms with Crippen LogP contribution in [-0.4, -0.2) is 10.2 Å². The zero-order chi connectivity index (χ0) is 8.81. The first-order valence-corrected chi connectivity index (χ1v) is 4.68. The summed E-state index contributed by atoms with van der Waals surface area (Å²) in [5, 5.41) is 9.43. The third-order valence-corrected chi connectivity index (χ3v) is 2.69. The maximum absolute atomic E-state index is 8.48. The summed E-state index contributed by atoms with van der Waals surface area (Å²) < 4.78 is 5.05. The van der Waals surface area contributed by atoms with Crippen LogP contribution >= 0.6 is 11.8 Å². The number of nitriles is 1. The van der Waals surface area contributed by atoms with Crippen molar-refractivity contribution in [2.45, 2.75) is 30.2 Å². The molecule has 0 fully saturated rings. The fourth-order valence-electron chi connectivity index (χ4n) is 0.782. The minimum absolute atomic E-state index is 0.300. The third-order valence-electron chi connectivity index (χ3n) is 1.45. The normalized spacial score (nSPS) is 12.3. The lowest BCUT2D eigenvalue weighted by molar-refractivity contribution is 0.452. The van der Waals surface area contributed by atoms with Crippen molar-refractivity contribution in [3.8, 4) is 6.07 Å². The predicted molar refractivity (Wildman–Crippen MR) is 46.7 cm³/mol. The van der Waals surface area contributed by atoms with Crippen LogP contribution in [0, 0.1) is 11.3 Å². The highest BCUT2D eigenvalue weighted by atomic mass is 32.2. The molecule has 0 N–H and O–H groups in total. The van der Waals surface area contributed by atoms with Gasteiger partial charge in [0.05, 0.1) is 12.3 Å². The summed E-state index contributed by atoms with van der Waals surface area (Å²) in [6.07, 6.45) is 4.66. The van der Waals surface area contributed by atoms with Crippen molar-refractivity contribution < 1.29 is 4.42 Å². The van der Waals surface area contributed by atoms with Gasteiger partial charge in [-0.3, -0.25) is 0 Å². The molecule has 0 spiro atoms. The van der Waals surface area contributed by atoms with Gasteiger partial charge in [0, 0.05) is 11.7 Å². The largest absolute Gasteiger partial charge is 0.440 e. The second-order valence-electron chi connectivity index (χ2n) is 2.31. The molecule has 0 bridgehead atoms. The molecule has 0 aliphatic heterocycles. The number of nitrogens with zero attached hydrogens (tertiary/aromatic N) is 2. The van der Waals surface area contributed by atoms with Crippen LogP contribution in [0.15, 0.2) is 22.1 Å². The molecule has 0 aliphatic carbocycles. The van der Waals surface area contributed by atoms with E-state index in [0.717, 1.165) is 6.42 Å². The van der Waals surface area contributed by atoms with Crippen molar-refractivity contribution in [2.24, 2.45) is 0 Å². The molecule has 0 saturated carbocycles.